The van der Waals surface area contributed by atoms with Gasteiger partial charge in [0.25, 0.3) is 0 Å². The third-order valence-electron chi connectivity index (χ3n) is 5.01. The molecule has 1 aromatic rings. The summed E-state index contributed by atoms with van der Waals surface area (Å²) in [7, 11) is 0. The number of amides is 3. The number of thiol groups is 1. The molecular formula is C23H36N4O5S2. The fourth-order valence-electron chi connectivity index (χ4n) is 3.16. The predicted molar refractivity (Wildman–Crippen MR) is 138 cm³/mol. The molecule has 190 valence electrons. The quantitative estimate of drug-likeness (QED) is 0.190. The van der Waals surface area contributed by atoms with Gasteiger partial charge in [-0.2, -0.15) is 24.4 Å². The molecule has 6 N–H and O–H groups in total. The molecule has 0 fully saturated rings. The minimum absolute atomic E-state index is 0.0466. The second-order valence-electron chi connectivity index (χ2n) is 8.41. The number of carbonyl (C=O) groups is 4. The Balaban J connectivity index is 2.97. The van der Waals surface area contributed by atoms with E-state index < -0.39 is 47.9 Å². The van der Waals surface area contributed by atoms with Crippen molar-refractivity contribution in [3.8, 4) is 0 Å². The monoisotopic (exact) mass is 512 g/mol. The van der Waals surface area contributed by atoms with Gasteiger partial charge < -0.3 is 26.8 Å². The van der Waals surface area contributed by atoms with Gasteiger partial charge in [-0.05, 0) is 36.3 Å². The average Bonchev–Trinajstić information content (AvgIpc) is 2.80. The number of aliphatic carboxylic acids is 1. The van der Waals surface area contributed by atoms with Gasteiger partial charge in [-0.1, -0.05) is 44.2 Å². The minimum Gasteiger partial charge on any atom is -0.480 e. The smallest absolute Gasteiger partial charge is 0.326 e. The highest BCUT2D eigenvalue weighted by Gasteiger charge is 2.30. The van der Waals surface area contributed by atoms with Crippen molar-refractivity contribution in [3.63, 3.8) is 0 Å². The maximum atomic E-state index is 13.0. The summed E-state index contributed by atoms with van der Waals surface area (Å²) in [5.74, 6) is -2.01. The summed E-state index contributed by atoms with van der Waals surface area (Å²) >= 11 is 5.53. The van der Waals surface area contributed by atoms with Crippen LogP contribution in [0.1, 0.15) is 32.3 Å². The number of carboxylic acids is 1. The van der Waals surface area contributed by atoms with E-state index in [2.05, 4.69) is 28.6 Å². The Labute approximate surface area is 210 Å². The van der Waals surface area contributed by atoms with Gasteiger partial charge in [0.1, 0.15) is 18.1 Å². The van der Waals surface area contributed by atoms with E-state index in [-0.39, 0.29) is 18.1 Å². The molecule has 0 heterocycles. The summed E-state index contributed by atoms with van der Waals surface area (Å²) in [4.78, 5) is 50.0. The van der Waals surface area contributed by atoms with Crippen LogP contribution in [0.4, 0.5) is 0 Å². The molecule has 1 rings (SSSR count). The zero-order valence-corrected chi connectivity index (χ0v) is 21.5. The molecule has 9 nitrogen and oxygen atoms in total. The third kappa shape index (κ3) is 10.8. The number of rotatable bonds is 15. The van der Waals surface area contributed by atoms with Crippen LogP contribution in [0.5, 0.6) is 0 Å². The summed E-state index contributed by atoms with van der Waals surface area (Å²) < 4.78 is 0. The van der Waals surface area contributed by atoms with Crippen LogP contribution in [-0.2, 0) is 25.6 Å². The van der Waals surface area contributed by atoms with E-state index in [0.717, 1.165) is 5.56 Å². The molecule has 4 unspecified atom stereocenters. The second kappa shape index (κ2) is 15.6. The van der Waals surface area contributed by atoms with Crippen LogP contribution in [0.3, 0.4) is 0 Å². The lowest BCUT2D eigenvalue weighted by Crippen LogP contribution is -2.57. The Morgan fingerprint density at radius 2 is 1.53 bits per heavy atom. The number of thioether (sulfide) groups is 1. The normalized spacial score (nSPS) is 14.5. The number of nitrogens with two attached hydrogens (primary N) is 1. The van der Waals surface area contributed by atoms with Crippen molar-refractivity contribution >= 4 is 48.1 Å². The van der Waals surface area contributed by atoms with Gasteiger partial charge >= 0.3 is 5.97 Å². The number of hydrogen-bond donors (Lipinski definition) is 6. The molecule has 0 saturated heterocycles. The molecule has 0 radical (unpaired) electrons. The van der Waals surface area contributed by atoms with Crippen LogP contribution in [0.25, 0.3) is 0 Å². The van der Waals surface area contributed by atoms with Crippen molar-refractivity contribution < 1.29 is 24.3 Å². The fraction of sp³-hybridized carbons (Fsp3) is 0.565. The van der Waals surface area contributed by atoms with Crippen molar-refractivity contribution in [3.05, 3.63) is 35.9 Å². The third-order valence-corrected chi connectivity index (χ3v) is 6.05. The first-order valence-electron chi connectivity index (χ1n) is 11.1. The van der Waals surface area contributed by atoms with E-state index in [1.54, 1.807) is 24.3 Å². The molecule has 4 atom stereocenters. The Morgan fingerprint density at radius 1 is 0.971 bits per heavy atom. The highest BCUT2D eigenvalue weighted by Crippen LogP contribution is 2.09. The Bertz CT molecular complexity index is 810. The second-order valence-corrected chi connectivity index (χ2v) is 9.76. The van der Waals surface area contributed by atoms with Gasteiger partial charge in [-0.3, -0.25) is 14.4 Å². The lowest BCUT2D eigenvalue weighted by molar-refractivity contribution is -0.142. The van der Waals surface area contributed by atoms with Crippen LogP contribution < -0.4 is 21.7 Å². The molecular weight excluding hydrogens is 476 g/mol. The van der Waals surface area contributed by atoms with E-state index in [1.807, 2.05) is 26.2 Å². The van der Waals surface area contributed by atoms with Gasteiger partial charge in [0, 0.05) is 12.2 Å². The van der Waals surface area contributed by atoms with E-state index in [1.165, 1.54) is 11.8 Å². The van der Waals surface area contributed by atoms with Crippen LogP contribution >= 0.6 is 24.4 Å². The van der Waals surface area contributed by atoms with Crippen molar-refractivity contribution in [2.24, 2.45) is 11.7 Å². The Morgan fingerprint density at radius 3 is 2.06 bits per heavy atom. The first-order chi connectivity index (χ1) is 16.1. The molecule has 0 saturated carbocycles. The number of carboxylic acid groups (broad SMARTS) is 1. The number of benzene rings is 1. The van der Waals surface area contributed by atoms with E-state index in [4.69, 9.17) is 5.73 Å². The summed E-state index contributed by atoms with van der Waals surface area (Å²) in [6.07, 6.45) is 2.64. The average molecular weight is 513 g/mol. The largest absolute Gasteiger partial charge is 0.480 e. The van der Waals surface area contributed by atoms with Gasteiger partial charge in [-0.15, -0.1) is 0 Å². The van der Waals surface area contributed by atoms with Crippen molar-refractivity contribution in [1.82, 2.24) is 16.0 Å². The molecule has 0 aliphatic heterocycles. The Kier molecular flexibility index (Phi) is 13.7. The van der Waals surface area contributed by atoms with Crippen LogP contribution in [-0.4, -0.2) is 70.7 Å². The summed E-state index contributed by atoms with van der Waals surface area (Å²) in [6, 6.07) is 5.11. The van der Waals surface area contributed by atoms with Gasteiger partial charge in [-0.25, -0.2) is 4.79 Å². The molecule has 0 aliphatic carbocycles. The molecule has 0 aliphatic rings. The molecule has 1 aromatic carbocycles. The van der Waals surface area contributed by atoms with E-state index in [9.17, 15) is 24.3 Å². The van der Waals surface area contributed by atoms with Crippen LogP contribution in [0.2, 0.25) is 0 Å². The zero-order valence-electron chi connectivity index (χ0n) is 19.8. The van der Waals surface area contributed by atoms with Crippen molar-refractivity contribution in [1.29, 1.82) is 0 Å². The van der Waals surface area contributed by atoms with E-state index in [0.29, 0.717) is 18.6 Å². The van der Waals surface area contributed by atoms with Crippen LogP contribution in [0, 0.1) is 5.92 Å². The van der Waals surface area contributed by atoms with Crippen molar-refractivity contribution in [2.45, 2.75) is 57.3 Å². The van der Waals surface area contributed by atoms with E-state index >= 15 is 0 Å². The number of carbonyl (C=O) groups excluding carboxylic acids is 3. The summed E-state index contributed by atoms with van der Waals surface area (Å²) in [5.41, 5.74) is 6.47. The molecule has 0 bridgehead atoms. The number of hydrogen-bond acceptors (Lipinski definition) is 7. The fourth-order valence-corrected chi connectivity index (χ4v) is 3.80. The lowest BCUT2D eigenvalue weighted by Gasteiger charge is -2.26. The molecule has 11 heteroatoms. The maximum Gasteiger partial charge on any atom is 0.326 e. The highest BCUT2D eigenvalue weighted by molar-refractivity contribution is 7.98. The zero-order chi connectivity index (χ0) is 25.7. The molecule has 0 aromatic heterocycles. The minimum atomic E-state index is -1.17. The lowest BCUT2D eigenvalue weighted by atomic mass is 10.0. The van der Waals surface area contributed by atoms with Crippen molar-refractivity contribution in [2.75, 3.05) is 17.8 Å². The highest BCUT2D eigenvalue weighted by atomic mass is 32.2. The first-order valence-corrected chi connectivity index (χ1v) is 13.1. The summed E-state index contributed by atoms with van der Waals surface area (Å²) in [5, 5.41) is 17.5. The number of nitrogens with one attached hydrogen (secondary N) is 3. The maximum absolute atomic E-state index is 13.0. The molecule has 34 heavy (non-hydrogen) atoms. The molecule has 0 spiro atoms. The van der Waals surface area contributed by atoms with Crippen LogP contribution in [0.15, 0.2) is 30.3 Å². The summed E-state index contributed by atoms with van der Waals surface area (Å²) in [6.45, 7) is 3.79. The standard InChI is InChI=1S/C23H36N4O5S2/c1-14(2)11-18(22(30)27-19(23(31)32)12-15-7-5-4-6-8-15)26-21(29)17(9-10-34-3)25-20(28)16(24)13-33/h4-8,14,16-19,33H,9-13,24H2,1-3H3,(H,25,28)(H,26,29)(H,27,30)(H,31,32). The van der Waals surface area contributed by atoms with Gasteiger partial charge in [0.15, 0.2) is 0 Å². The topological polar surface area (TPSA) is 151 Å². The van der Waals surface area contributed by atoms with Gasteiger partial charge in [0.2, 0.25) is 17.7 Å². The first kappa shape index (κ1) is 29.8. The Hall–Kier alpha value is -2.24. The van der Waals surface area contributed by atoms with Gasteiger partial charge in [0.05, 0.1) is 6.04 Å². The molecule has 3 amide bonds. The predicted octanol–water partition coefficient (Wildman–Crippen LogP) is 0.824. The SMILES string of the molecule is CSCCC(NC(=O)C(N)CS)C(=O)NC(CC(C)C)C(=O)NC(Cc1ccccc1)C(=O)O.